The van der Waals surface area contributed by atoms with Crippen LogP contribution < -0.4 is 15.4 Å². The molecule has 0 saturated heterocycles. The van der Waals surface area contributed by atoms with Gasteiger partial charge in [-0.15, -0.1) is 24.8 Å². The Morgan fingerprint density at radius 2 is 1.88 bits per heavy atom. The van der Waals surface area contributed by atoms with E-state index in [1.165, 1.54) is 6.20 Å². The first-order valence-electron chi connectivity index (χ1n) is 7.17. The second-order valence-corrected chi connectivity index (χ2v) is 5.63. The second kappa shape index (κ2) is 13.0. The van der Waals surface area contributed by atoms with Crippen molar-refractivity contribution in [1.29, 1.82) is 0 Å². The van der Waals surface area contributed by atoms with Crippen LogP contribution in [0, 0.1) is 0 Å². The minimum atomic E-state index is -0.137. The van der Waals surface area contributed by atoms with Crippen molar-refractivity contribution in [2.45, 2.75) is 0 Å². The van der Waals surface area contributed by atoms with Gasteiger partial charge in [-0.2, -0.15) is 0 Å². The lowest BCUT2D eigenvalue weighted by Crippen LogP contribution is -2.30. The maximum Gasteiger partial charge on any atom is 0.238 e. The van der Waals surface area contributed by atoms with Crippen molar-refractivity contribution in [2.75, 3.05) is 32.1 Å². The number of aromatic nitrogens is 1. The summed E-state index contributed by atoms with van der Waals surface area (Å²) in [4.78, 5) is 15.8. The Hall–Kier alpha value is -1.28. The molecular formula is C16H19Cl4N3O3. The van der Waals surface area contributed by atoms with Crippen LogP contribution in [0.25, 0.3) is 0 Å². The van der Waals surface area contributed by atoms with Gasteiger partial charge in [-0.05, 0) is 30.3 Å². The summed E-state index contributed by atoms with van der Waals surface area (Å²) in [6, 6.07) is 8.43. The third kappa shape index (κ3) is 8.40. The quantitative estimate of drug-likeness (QED) is 0.599. The number of amides is 1. The van der Waals surface area contributed by atoms with Gasteiger partial charge in [0.05, 0.1) is 18.2 Å². The molecule has 0 aliphatic heterocycles. The standard InChI is InChI=1S/C16H17Cl2N3O3.2ClH/c1-23-7-6-19-10-15(22)21-12-2-4-13(5-3-12)24-16-14(18)8-11(17)9-20-16;;/h2-5,8-9,19H,6-7,10H2,1H3,(H,21,22);2*1H. The molecular weight excluding hydrogens is 424 g/mol. The number of nitrogens with zero attached hydrogens (tertiary/aromatic N) is 1. The molecule has 0 spiro atoms. The molecule has 0 fully saturated rings. The first kappa shape index (κ1) is 24.7. The van der Waals surface area contributed by atoms with Crippen LogP contribution in [0.4, 0.5) is 5.69 Å². The Balaban J connectivity index is 0.00000312. The Morgan fingerprint density at radius 3 is 2.50 bits per heavy atom. The van der Waals surface area contributed by atoms with Crippen molar-refractivity contribution >= 4 is 59.6 Å². The number of rotatable bonds is 8. The van der Waals surface area contributed by atoms with E-state index in [9.17, 15) is 4.79 Å². The molecule has 26 heavy (non-hydrogen) atoms. The summed E-state index contributed by atoms with van der Waals surface area (Å²) < 4.78 is 10.5. The molecule has 0 aliphatic rings. The van der Waals surface area contributed by atoms with E-state index in [1.807, 2.05) is 0 Å². The Labute approximate surface area is 174 Å². The van der Waals surface area contributed by atoms with Gasteiger partial charge in [0.25, 0.3) is 0 Å². The molecule has 0 aliphatic carbocycles. The van der Waals surface area contributed by atoms with E-state index in [4.69, 9.17) is 32.7 Å². The molecule has 1 aromatic heterocycles. The average Bonchev–Trinajstić information content (AvgIpc) is 2.56. The maximum absolute atomic E-state index is 11.7. The Morgan fingerprint density at radius 1 is 1.19 bits per heavy atom. The number of halogens is 4. The summed E-state index contributed by atoms with van der Waals surface area (Å²) in [6.45, 7) is 1.39. The monoisotopic (exact) mass is 441 g/mol. The second-order valence-electron chi connectivity index (χ2n) is 4.78. The highest BCUT2D eigenvalue weighted by Gasteiger charge is 2.07. The summed E-state index contributed by atoms with van der Waals surface area (Å²) in [7, 11) is 1.61. The normalized spacial score (nSPS) is 9.65. The SMILES string of the molecule is COCCNCC(=O)Nc1ccc(Oc2ncc(Cl)cc2Cl)cc1.Cl.Cl. The van der Waals surface area contributed by atoms with Gasteiger partial charge >= 0.3 is 0 Å². The van der Waals surface area contributed by atoms with Crippen molar-refractivity contribution in [3.63, 3.8) is 0 Å². The van der Waals surface area contributed by atoms with Gasteiger partial charge in [0.1, 0.15) is 10.8 Å². The minimum Gasteiger partial charge on any atom is -0.438 e. The molecule has 0 bridgehead atoms. The number of hydrogen-bond acceptors (Lipinski definition) is 5. The lowest BCUT2D eigenvalue weighted by atomic mass is 10.3. The number of carbonyl (C=O) groups excluding carboxylic acids is 1. The zero-order valence-electron chi connectivity index (χ0n) is 13.8. The smallest absolute Gasteiger partial charge is 0.238 e. The van der Waals surface area contributed by atoms with Crippen molar-refractivity contribution in [1.82, 2.24) is 10.3 Å². The number of anilines is 1. The van der Waals surface area contributed by atoms with Crippen LogP contribution in [0.3, 0.4) is 0 Å². The summed E-state index contributed by atoms with van der Waals surface area (Å²) >= 11 is 11.8. The third-order valence-corrected chi connectivity index (χ3v) is 3.37. The van der Waals surface area contributed by atoms with Crippen LogP contribution >= 0.6 is 48.0 Å². The van der Waals surface area contributed by atoms with Crippen LogP contribution in [-0.4, -0.2) is 37.7 Å². The number of ether oxygens (including phenoxy) is 2. The molecule has 1 amide bonds. The molecule has 0 atom stereocenters. The lowest BCUT2D eigenvalue weighted by Gasteiger charge is -2.09. The molecule has 0 saturated carbocycles. The summed E-state index contributed by atoms with van der Waals surface area (Å²) in [6.07, 6.45) is 1.45. The van der Waals surface area contributed by atoms with Gasteiger partial charge in [-0.1, -0.05) is 23.2 Å². The maximum atomic E-state index is 11.7. The molecule has 1 heterocycles. The summed E-state index contributed by atoms with van der Waals surface area (Å²) in [5, 5.41) is 6.49. The zero-order valence-corrected chi connectivity index (χ0v) is 17.0. The molecule has 2 aromatic rings. The predicted molar refractivity (Wildman–Crippen MR) is 109 cm³/mol. The van der Waals surface area contributed by atoms with Crippen LogP contribution in [0.5, 0.6) is 11.6 Å². The van der Waals surface area contributed by atoms with Crippen LogP contribution in [0.2, 0.25) is 10.0 Å². The number of benzene rings is 1. The Bertz CT molecular complexity index is 687. The Kier molecular flexibility index (Phi) is 12.3. The number of carbonyl (C=O) groups is 1. The van der Waals surface area contributed by atoms with Crippen LogP contribution in [0.1, 0.15) is 0 Å². The highest BCUT2D eigenvalue weighted by molar-refractivity contribution is 6.35. The van der Waals surface area contributed by atoms with E-state index < -0.39 is 0 Å². The van der Waals surface area contributed by atoms with Crippen LogP contribution in [0.15, 0.2) is 36.5 Å². The lowest BCUT2D eigenvalue weighted by molar-refractivity contribution is -0.115. The van der Waals surface area contributed by atoms with E-state index in [-0.39, 0.29) is 43.1 Å². The van der Waals surface area contributed by atoms with Gasteiger partial charge in [0.2, 0.25) is 11.8 Å². The molecule has 10 heteroatoms. The van der Waals surface area contributed by atoms with E-state index in [2.05, 4.69) is 15.6 Å². The van der Waals surface area contributed by atoms with Gasteiger partial charge in [-0.3, -0.25) is 4.79 Å². The topological polar surface area (TPSA) is 72.5 Å². The molecule has 0 radical (unpaired) electrons. The van der Waals surface area contributed by atoms with E-state index in [1.54, 1.807) is 37.4 Å². The number of pyridine rings is 1. The fourth-order valence-corrected chi connectivity index (χ4v) is 2.20. The van der Waals surface area contributed by atoms with Gasteiger partial charge in [0, 0.05) is 25.5 Å². The van der Waals surface area contributed by atoms with Crippen molar-refractivity contribution < 1.29 is 14.3 Å². The van der Waals surface area contributed by atoms with Crippen molar-refractivity contribution in [3.05, 3.63) is 46.6 Å². The first-order chi connectivity index (χ1) is 11.6. The summed E-state index contributed by atoms with van der Waals surface area (Å²) in [5.41, 5.74) is 0.663. The molecule has 0 unspecified atom stereocenters. The predicted octanol–water partition coefficient (Wildman–Crippen LogP) is 4.20. The van der Waals surface area contributed by atoms with E-state index in [0.29, 0.717) is 34.6 Å². The molecule has 2 N–H and O–H groups in total. The number of nitrogens with one attached hydrogen (secondary N) is 2. The largest absolute Gasteiger partial charge is 0.438 e. The van der Waals surface area contributed by atoms with Crippen molar-refractivity contribution in [2.24, 2.45) is 0 Å². The number of methoxy groups -OCH3 is 1. The molecule has 1 aromatic carbocycles. The van der Waals surface area contributed by atoms with Crippen molar-refractivity contribution in [3.8, 4) is 11.6 Å². The van der Waals surface area contributed by atoms with Gasteiger partial charge < -0.3 is 20.1 Å². The van der Waals surface area contributed by atoms with Gasteiger partial charge in [-0.25, -0.2) is 4.98 Å². The zero-order chi connectivity index (χ0) is 17.4. The molecule has 6 nitrogen and oxygen atoms in total. The molecule has 144 valence electrons. The highest BCUT2D eigenvalue weighted by Crippen LogP contribution is 2.29. The van der Waals surface area contributed by atoms with Gasteiger partial charge in [0.15, 0.2) is 0 Å². The highest BCUT2D eigenvalue weighted by atomic mass is 35.5. The third-order valence-electron chi connectivity index (χ3n) is 2.90. The molecule has 2 rings (SSSR count). The fourth-order valence-electron chi connectivity index (χ4n) is 1.78. The number of hydrogen-bond donors (Lipinski definition) is 2. The minimum absolute atomic E-state index is 0. The first-order valence-corrected chi connectivity index (χ1v) is 7.92. The van der Waals surface area contributed by atoms with E-state index >= 15 is 0 Å². The van der Waals surface area contributed by atoms with E-state index in [0.717, 1.165) is 0 Å². The van der Waals surface area contributed by atoms with Crippen LogP contribution in [-0.2, 0) is 9.53 Å². The summed E-state index contributed by atoms with van der Waals surface area (Å²) in [5.74, 6) is 0.672. The average molecular weight is 443 g/mol. The fraction of sp³-hybridized carbons (Fsp3) is 0.250.